The number of hydrogen-bond donors (Lipinski definition) is 3. The number of aromatic nitrogens is 1. The minimum atomic E-state index is -0.103. The van der Waals surface area contributed by atoms with Crippen LogP contribution >= 0.6 is 11.3 Å². The molecule has 2 heterocycles. The van der Waals surface area contributed by atoms with Gasteiger partial charge >= 0.3 is 0 Å². The summed E-state index contributed by atoms with van der Waals surface area (Å²) in [6.45, 7) is 4.61. The third kappa shape index (κ3) is 2.73. The van der Waals surface area contributed by atoms with E-state index in [9.17, 15) is 4.79 Å². The Hall–Kier alpha value is -1.34. The van der Waals surface area contributed by atoms with Gasteiger partial charge in [-0.15, -0.1) is 0 Å². The van der Waals surface area contributed by atoms with Crippen molar-refractivity contribution in [2.75, 3.05) is 30.3 Å². The number of nitrogens with two attached hydrogens (primary N) is 2. The predicted octanol–water partition coefficient (Wildman–Crippen LogP) is 0.649. The average Bonchev–Trinajstić information content (AvgIpc) is 2.79. The van der Waals surface area contributed by atoms with E-state index < -0.39 is 0 Å². The minimum absolute atomic E-state index is 0.103. The lowest BCUT2D eigenvalue weighted by molar-refractivity contribution is 0.0956. The lowest BCUT2D eigenvalue weighted by Gasteiger charge is -2.12. The Morgan fingerprint density at radius 2 is 2.35 bits per heavy atom. The van der Waals surface area contributed by atoms with Gasteiger partial charge in [-0.05, 0) is 24.7 Å². The van der Waals surface area contributed by atoms with Crippen LogP contribution in [0.5, 0.6) is 0 Å². The fourth-order valence-corrected chi connectivity index (χ4v) is 3.50. The average molecular weight is 295 g/mol. The molecule has 3 atom stereocenters. The Balaban J connectivity index is 1.64. The summed E-state index contributed by atoms with van der Waals surface area (Å²) in [7, 11) is 0. The van der Waals surface area contributed by atoms with Crippen molar-refractivity contribution < 1.29 is 4.79 Å². The first kappa shape index (κ1) is 13.6. The highest BCUT2D eigenvalue weighted by atomic mass is 32.1. The zero-order valence-corrected chi connectivity index (χ0v) is 12.4. The second kappa shape index (κ2) is 5.21. The molecule has 1 aliphatic carbocycles. The third-order valence-corrected chi connectivity index (χ3v) is 5.28. The standard InChI is InChI=1S/C13H21N5OS/c1-7-4-8(7)5-16-12(19)10-11(15)17-13(20-10)18-3-2-9(14)6-18/h7-9H,2-6,14-15H2,1H3,(H,16,19). The van der Waals surface area contributed by atoms with Gasteiger partial charge in [-0.3, -0.25) is 4.79 Å². The van der Waals surface area contributed by atoms with Crippen LogP contribution in [0.1, 0.15) is 29.4 Å². The highest BCUT2D eigenvalue weighted by Crippen LogP contribution is 2.37. The summed E-state index contributed by atoms with van der Waals surface area (Å²) in [5, 5.41) is 3.76. The molecule has 3 unspecified atom stereocenters. The molecule has 6 nitrogen and oxygen atoms in total. The van der Waals surface area contributed by atoms with Crippen LogP contribution in [0.4, 0.5) is 10.9 Å². The maximum absolute atomic E-state index is 12.1. The second-order valence-electron chi connectivity index (χ2n) is 5.89. The number of carbonyl (C=O) groups is 1. The van der Waals surface area contributed by atoms with Crippen LogP contribution in [0, 0.1) is 11.8 Å². The summed E-state index contributed by atoms with van der Waals surface area (Å²) in [5.74, 6) is 1.58. The van der Waals surface area contributed by atoms with E-state index in [4.69, 9.17) is 11.5 Å². The molecule has 2 fully saturated rings. The first-order valence-electron chi connectivity index (χ1n) is 7.09. The molecule has 1 saturated carbocycles. The van der Waals surface area contributed by atoms with Gasteiger partial charge in [0.1, 0.15) is 10.7 Å². The molecule has 0 radical (unpaired) electrons. The number of nitrogens with zero attached hydrogens (tertiary/aromatic N) is 2. The zero-order valence-electron chi connectivity index (χ0n) is 11.6. The molecule has 1 aromatic heterocycles. The molecule has 5 N–H and O–H groups in total. The molecule has 1 aliphatic heterocycles. The van der Waals surface area contributed by atoms with Crippen LogP contribution in [0.15, 0.2) is 0 Å². The van der Waals surface area contributed by atoms with Crippen LogP contribution in [0.2, 0.25) is 0 Å². The van der Waals surface area contributed by atoms with Crippen molar-refractivity contribution in [3.05, 3.63) is 4.88 Å². The lowest BCUT2D eigenvalue weighted by Crippen LogP contribution is -2.26. The summed E-state index contributed by atoms with van der Waals surface area (Å²) in [6.07, 6.45) is 2.16. The van der Waals surface area contributed by atoms with Gasteiger partial charge in [0, 0.05) is 25.7 Å². The molecule has 1 aromatic rings. The van der Waals surface area contributed by atoms with E-state index in [-0.39, 0.29) is 11.9 Å². The monoisotopic (exact) mass is 295 g/mol. The van der Waals surface area contributed by atoms with Crippen LogP contribution in [0.25, 0.3) is 0 Å². The summed E-state index contributed by atoms with van der Waals surface area (Å²) in [6, 6.07) is 0.189. The van der Waals surface area contributed by atoms with E-state index in [0.717, 1.165) is 37.1 Å². The highest BCUT2D eigenvalue weighted by Gasteiger charge is 2.33. The van der Waals surface area contributed by atoms with Crippen LogP contribution < -0.4 is 21.7 Å². The molecule has 0 bridgehead atoms. The van der Waals surface area contributed by atoms with Crippen molar-refractivity contribution in [1.82, 2.24) is 10.3 Å². The van der Waals surface area contributed by atoms with Gasteiger partial charge in [0.15, 0.2) is 5.13 Å². The third-order valence-electron chi connectivity index (χ3n) is 4.14. The lowest BCUT2D eigenvalue weighted by atomic mass is 10.3. The first-order valence-corrected chi connectivity index (χ1v) is 7.91. The number of thiazole rings is 1. The summed E-state index contributed by atoms with van der Waals surface area (Å²) < 4.78 is 0. The van der Waals surface area contributed by atoms with E-state index in [0.29, 0.717) is 16.6 Å². The number of nitrogen functional groups attached to an aromatic ring is 1. The fourth-order valence-electron chi connectivity index (χ4n) is 2.57. The summed E-state index contributed by atoms with van der Waals surface area (Å²) in [4.78, 5) is 19.1. The first-order chi connectivity index (χ1) is 9.54. The van der Waals surface area contributed by atoms with Gasteiger partial charge in [-0.2, -0.15) is 0 Å². The molecular formula is C13H21N5OS. The number of hydrogen-bond acceptors (Lipinski definition) is 6. The molecule has 7 heteroatoms. The number of anilines is 2. The largest absolute Gasteiger partial charge is 0.382 e. The van der Waals surface area contributed by atoms with E-state index in [1.807, 2.05) is 0 Å². The minimum Gasteiger partial charge on any atom is -0.382 e. The van der Waals surface area contributed by atoms with Crippen LogP contribution in [-0.2, 0) is 0 Å². The number of carbonyl (C=O) groups excluding carboxylic acids is 1. The smallest absolute Gasteiger partial charge is 0.265 e. The van der Waals surface area contributed by atoms with Gasteiger partial charge in [0.25, 0.3) is 5.91 Å². The molecule has 1 saturated heterocycles. The Morgan fingerprint density at radius 1 is 1.60 bits per heavy atom. The Labute approximate surface area is 122 Å². The van der Waals surface area contributed by atoms with E-state index in [2.05, 4.69) is 22.1 Å². The van der Waals surface area contributed by atoms with Gasteiger partial charge < -0.3 is 21.7 Å². The zero-order chi connectivity index (χ0) is 14.3. The van der Waals surface area contributed by atoms with Gasteiger partial charge in [0.05, 0.1) is 0 Å². The predicted molar refractivity (Wildman–Crippen MR) is 80.9 cm³/mol. The maximum Gasteiger partial charge on any atom is 0.265 e. The van der Waals surface area contributed by atoms with Gasteiger partial charge in [-0.1, -0.05) is 18.3 Å². The van der Waals surface area contributed by atoms with Crippen molar-refractivity contribution in [1.29, 1.82) is 0 Å². The Morgan fingerprint density at radius 3 is 2.95 bits per heavy atom. The molecule has 20 heavy (non-hydrogen) atoms. The topological polar surface area (TPSA) is 97.3 Å². The molecule has 0 aromatic carbocycles. The van der Waals surface area contributed by atoms with Crippen molar-refractivity contribution in [2.45, 2.75) is 25.8 Å². The fraction of sp³-hybridized carbons (Fsp3) is 0.692. The Bertz CT molecular complexity index is 517. The molecular weight excluding hydrogens is 274 g/mol. The molecule has 110 valence electrons. The second-order valence-corrected chi connectivity index (χ2v) is 6.87. The molecule has 1 amide bonds. The highest BCUT2D eigenvalue weighted by molar-refractivity contribution is 7.18. The number of nitrogens with one attached hydrogen (secondary N) is 1. The van der Waals surface area contributed by atoms with Crippen LogP contribution in [-0.4, -0.2) is 36.6 Å². The summed E-state index contributed by atoms with van der Waals surface area (Å²) in [5.41, 5.74) is 11.8. The van der Waals surface area contributed by atoms with Crippen molar-refractivity contribution in [3.63, 3.8) is 0 Å². The van der Waals surface area contributed by atoms with Gasteiger partial charge in [0.2, 0.25) is 0 Å². The molecule has 3 rings (SSSR count). The Kier molecular flexibility index (Phi) is 3.55. The molecule has 0 spiro atoms. The van der Waals surface area contributed by atoms with Crippen molar-refractivity contribution >= 4 is 28.2 Å². The number of rotatable bonds is 4. The summed E-state index contributed by atoms with van der Waals surface area (Å²) >= 11 is 1.36. The SMILES string of the molecule is CC1CC1CNC(=O)c1sc(N2CCC(N)C2)nc1N. The number of amides is 1. The van der Waals surface area contributed by atoms with E-state index >= 15 is 0 Å². The normalized spacial score (nSPS) is 28.7. The van der Waals surface area contributed by atoms with Gasteiger partial charge in [-0.25, -0.2) is 4.98 Å². The van der Waals surface area contributed by atoms with E-state index in [1.165, 1.54) is 17.8 Å². The van der Waals surface area contributed by atoms with E-state index in [1.54, 1.807) is 0 Å². The van der Waals surface area contributed by atoms with Crippen LogP contribution in [0.3, 0.4) is 0 Å². The maximum atomic E-state index is 12.1. The molecule has 2 aliphatic rings. The van der Waals surface area contributed by atoms with Crippen molar-refractivity contribution in [2.24, 2.45) is 17.6 Å². The quantitative estimate of drug-likeness (QED) is 0.757. The van der Waals surface area contributed by atoms with Crippen molar-refractivity contribution in [3.8, 4) is 0 Å².